The van der Waals surface area contributed by atoms with E-state index in [9.17, 15) is 13.2 Å². The van der Waals surface area contributed by atoms with Crippen LogP contribution in [0.2, 0.25) is 10.0 Å². The van der Waals surface area contributed by atoms with E-state index in [0.717, 1.165) is 10.2 Å². The van der Waals surface area contributed by atoms with Crippen molar-refractivity contribution in [3.05, 3.63) is 86.3 Å². The smallest absolute Gasteiger partial charge is 0.266 e. The number of sulfonamides is 1. The van der Waals surface area contributed by atoms with Gasteiger partial charge < -0.3 is 0 Å². The fraction of sp³-hybridized carbons (Fsp3) is 0.158. The first-order valence-electron chi connectivity index (χ1n) is 8.48. The second kappa shape index (κ2) is 7.33. The van der Waals surface area contributed by atoms with Crippen LogP contribution in [0.3, 0.4) is 0 Å². The highest BCUT2D eigenvalue weighted by Gasteiger charge is 2.28. The van der Waals surface area contributed by atoms with E-state index in [2.05, 4.69) is 5.10 Å². The van der Waals surface area contributed by atoms with Gasteiger partial charge in [0.2, 0.25) is 10.0 Å². The lowest BCUT2D eigenvalue weighted by Gasteiger charge is -2.28. The Morgan fingerprint density at radius 1 is 0.964 bits per heavy atom. The molecule has 0 bridgehead atoms. The summed E-state index contributed by atoms with van der Waals surface area (Å²) in [7, 11) is -3.65. The first kappa shape index (κ1) is 19.1. The highest BCUT2D eigenvalue weighted by atomic mass is 35.5. The number of halogens is 2. The number of hydrogen-bond acceptors (Lipinski definition) is 4. The van der Waals surface area contributed by atoms with E-state index in [1.807, 2.05) is 24.3 Å². The Balaban J connectivity index is 1.64. The molecule has 0 radical (unpaired) electrons. The molecule has 0 amide bonds. The van der Waals surface area contributed by atoms with Gasteiger partial charge in [-0.2, -0.15) is 14.1 Å². The van der Waals surface area contributed by atoms with Crippen LogP contribution in [-0.2, 0) is 23.0 Å². The van der Waals surface area contributed by atoms with E-state index in [1.54, 1.807) is 0 Å². The SMILES string of the molecule is O=c1c(Cl)c(Cl)cnn1-c1ccc(S(=O)(=O)N2CCc3ccccc3C2)cc1. The molecule has 2 aromatic carbocycles. The quantitative estimate of drug-likeness (QED) is 0.632. The lowest BCUT2D eigenvalue weighted by atomic mass is 10.0. The van der Waals surface area contributed by atoms with E-state index in [4.69, 9.17) is 23.2 Å². The van der Waals surface area contributed by atoms with E-state index >= 15 is 0 Å². The molecule has 6 nitrogen and oxygen atoms in total. The highest BCUT2D eigenvalue weighted by Crippen LogP contribution is 2.25. The standard InChI is InChI=1S/C19H15Cl2N3O3S/c20-17-11-22-24(19(25)18(17)21)15-5-7-16(8-6-15)28(26,27)23-10-9-13-3-1-2-4-14(13)12-23/h1-8,11H,9-10,12H2. The fourth-order valence-corrected chi connectivity index (χ4v) is 4.85. The third kappa shape index (κ3) is 3.35. The molecule has 0 unspecified atom stereocenters. The number of rotatable bonds is 3. The molecule has 0 atom stereocenters. The van der Waals surface area contributed by atoms with Gasteiger partial charge in [-0.3, -0.25) is 4.79 Å². The molecule has 3 aromatic rings. The highest BCUT2D eigenvalue weighted by molar-refractivity contribution is 7.89. The Hall–Kier alpha value is -2.19. The minimum atomic E-state index is -3.65. The van der Waals surface area contributed by atoms with E-state index in [-0.39, 0.29) is 14.9 Å². The summed E-state index contributed by atoms with van der Waals surface area (Å²) >= 11 is 11.7. The number of hydrogen-bond donors (Lipinski definition) is 0. The fourth-order valence-electron chi connectivity index (χ4n) is 3.18. The zero-order valence-electron chi connectivity index (χ0n) is 14.5. The number of nitrogens with zero attached hydrogens (tertiary/aromatic N) is 3. The second-order valence-electron chi connectivity index (χ2n) is 6.37. The van der Waals surface area contributed by atoms with Gasteiger partial charge in [-0.05, 0) is 41.8 Å². The second-order valence-corrected chi connectivity index (χ2v) is 9.10. The van der Waals surface area contributed by atoms with Crippen LogP contribution in [0.5, 0.6) is 0 Å². The molecule has 4 rings (SSSR count). The van der Waals surface area contributed by atoms with Gasteiger partial charge in [0.25, 0.3) is 5.56 Å². The number of benzene rings is 2. The van der Waals surface area contributed by atoms with Gasteiger partial charge in [-0.1, -0.05) is 47.5 Å². The topological polar surface area (TPSA) is 72.3 Å². The Kier molecular flexibility index (Phi) is 5.01. The predicted octanol–water partition coefficient (Wildman–Crippen LogP) is 3.29. The zero-order chi connectivity index (χ0) is 19.9. The van der Waals surface area contributed by atoms with Crippen LogP contribution in [0.4, 0.5) is 0 Å². The summed E-state index contributed by atoms with van der Waals surface area (Å²) < 4.78 is 28.6. The molecule has 28 heavy (non-hydrogen) atoms. The predicted molar refractivity (Wildman–Crippen MR) is 108 cm³/mol. The summed E-state index contributed by atoms with van der Waals surface area (Å²) in [4.78, 5) is 12.3. The lowest BCUT2D eigenvalue weighted by molar-refractivity contribution is 0.391. The molecule has 9 heteroatoms. The summed E-state index contributed by atoms with van der Waals surface area (Å²) in [5, 5.41) is 3.87. The van der Waals surface area contributed by atoms with Gasteiger partial charge in [-0.25, -0.2) is 8.42 Å². The molecule has 1 aliphatic rings. The van der Waals surface area contributed by atoms with Crippen molar-refractivity contribution in [1.82, 2.24) is 14.1 Å². The van der Waals surface area contributed by atoms with Crippen molar-refractivity contribution in [3.8, 4) is 5.69 Å². The summed E-state index contributed by atoms with van der Waals surface area (Å²) in [6.07, 6.45) is 1.94. The van der Waals surface area contributed by atoms with Crippen LogP contribution in [0.15, 0.2) is 64.4 Å². The molecule has 1 aromatic heterocycles. The van der Waals surface area contributed by atoms with Crippen LogP contribution >= 0.6 is 23.2 Å². The zero-order valence-corrected chi connectivity index (χ0v) is 16.9. The molecule has 0 aliphatic carbocycles. The summed E-state index contributed by atoms with van der Waals surface area (Å²) in [6.45, 7) is 0.767. The Morgan fingerprint density at radius 2 is 1.64 bits per heavy atom. The van der Waals surface area contributed by atoms with Crippen LogP contribution < -0.4 is 5.56 Å². The molecule has 0 saturated heterocycles. The first-order chi connectivity index (χ1) is 13.4. The van der Waals surface area contributed by atoms with Crippen molar-refractivity contribution < 1.29 is 8.42 Å². The van der Waals surface area contributed by atoms with Crippen molar-refractivity contribution in [2.45, 2.75) is 17.9 Å². The van der Waals surface area contributed by atoms with Gasteiger partial charge >= 0.3 is 0 Å². The third-order valence-electron chi connectivity index (χ3n) is 4.69. The Labute approximate surface area is 172 Å². The molecule has 2 heterocycles. The van der Waals surface area contributed by atoms with E-state index < -0.39 is 15.6 Å². The van der Waals surface area contributed by atoms with Crippen molar-refractivity contribution in [2.75, 3.05) is 6.54 Å². The van der Waals surface area contributed by atoms with Crippen LogP contribution in [0.1, 0.15) is 11.1 Å². The maximum absolute atomic E-state index is 13.0. The molecule has 1 aliphatic heterocycles. The number of fused-ring (bicyclic) bond motifs is 1. The van der Waals surface area contributed by atoms with E-state index in [1.165, 1.54) is 40.3 Å². The van der Waals surface area contributed by atoms with Crippen LogP contribution in [0, 0.1) is 0 Å². The van der Waals surface area contributed by atoms with Crippen molar-refractivity contribution in [1.29, 1.82) is 0 Å². The van der Waals surface area contributed by atoms with Crippen molar-refractivity contribution >= 4 is 33.2 Å². The third-order valence-corrected chi connectivity index (χ3v) is 7.30. The summed E-state index contributed by atoms with van der Waals surface area (Å²) in [5.41, 5.74) is 2.01. The van der Waals surface area contributed by atoms with Crippen molar-refractivity contribution in [3.63, 3.8) is 0 Å². The molecule has 0 saturated carbocycles. The van der Waals surface area contributed by atoms with Crippen molar-refractivity contribution in [2.24, 2.45) is 0 Å². The van der Waals surface area contributed by atoms with E-state index in [0.29, 0.717) is 25.2 Å². The van der Waals surface area contributed by atoms with Gasteiger partial charge in [0.05, 0.1) is 21.8 Å². The first-order valence-corrected chi connectivity index (χ1v) is 10.7. The monoisotopic (exact) mass is 435 g/mol. The summed E-state index contributed by atoms with van der Waals surface area (Å²) in [6, 6.07) is 13.8. The lowest BCUT2D eigenvalue weighted by Crippen LogP contribution is -2.35. The number of aromatic nitrogens is 2. The van der Waals surface area contributed by atoms with Gasteiger partial charge in [0, 0.05) is 13.1 Å². The molecule has 144 valence electrons. The maximum atomic E-state index is 13.0. The molecule has 0 spiro atoms. The average Bonchev–Trinajstić information content (AvgIpc) is 2.72. The summed E-state index contributed by atoms with van der Waals surface area (Å²) in [5.74, 6) is 0. The maximum Gasteiger partial charge on any atom is 0.291 e. The average molecular weight is 436 g/mol. The van der Waals surface area contributed by atoms with Crippen LogP contribution in [-0.4, -0.2) is 29.0 Å². The van der Waals surface area contributed by atoms with Gasteiger partial charge in [0.1, 0.15) is 5.02 Å². The van der Waals surface area contributed by atoms with Gasteiger partial charge in [-0.15, -0.1) is 0 Å². The van der Waals surface area contributed by atoms with Gasteiger partial charge in [0.15, 0.2) is 0 Å². The normalized spacial score (nSPS) is 14.6. The minimum absolute atomic E-state index is 0.0625. The van der Waals surface area contributed by atoms with Crippen LogP contribution in [0.25, 0.3) is 5.69 Å². The molecule has 0 fully saturated rings. The molecule has 0 N–H and O–H groups in total. The molecular formula is C19H15Cl2N3O3S. The largest absolute Gasteiger partial charge is 0.291 e. The molecular weight excluding hydrogens is 421 g/mol. The minimum Gasteiger partial charge on any atom is -0.266 e. The Bertz CT molecular complexity index is 1210. The Morgan fingerprint density at radius 3 is 2.36 bits per heavy atom.